The van der Waals surface area contributed by atoms with Crippen molar-refractivity contribution in [2.24, 2.45) is 0 Å². The molecular formula is C25H33IN2O6. The molecule has 0 heterocycles. The van der Waals surface area contributed by atoms with Crippen LogP contribution in [0.5, 0.6) is 5.75 Å². The molecule has 1 fully saturated rings. The Hall–Kier alpha value is -1.98. The highest BCUT2D eigenvalue weighted by molar-refractivity contribution is 14.1. The van der Waals surface area contributed by atoms with Gasteiger partial charge in [0.2, 0.25) is 11.7 Å². The maximum absolute atomic E-state index is 13.3. The maximum Gasteiger partial charge on any atom is 0.290 e. The number of hydrogen-bond donors (Lipinski definition) is 3. The van der Waals surface area contributed by atoms with Gasteiger partial charge >= 0.3 is 0 Å². The molecule has 186 valence electrons. The molecule has 2 aliphatic carbocycles. The maximum atomic E-state index is 13.3. The van der Waals surface area contributed by atoms with Gasteiger partial charge in [-0.2, -0.15) is 0 Å². The Morgan fingerprint density at radius 3 is 2.53 bits per heavy atom. The van der Waals surface area contributed by atoms with Crippen LogP contribution in [0.2, 0.25) is 0 Å². The van der Waals surface area contributed by atoms with Gasteiger partial charge in [0.15, 0.2) is 0 Å². The number of benzene rings is 1. The smallest absolute Gasteiger partial charge is 0.290 e. The van der Waals surface area contributed by atoms with Gasteiger partial charge in [0, 0.05) is 31.0 Å². The van der Waals surface area contributed by atoms with Gasteiger partial charge in [-0.3, -0.25) is 14.4 Å². The summed E-state index contributed by atoms with van der Waals surface area (Å²) in [5, 5.41) is 23.2. The first-order valence-electron chi connectivity index (χ1n) is 11.9. The van der Waals surface area contributed by atoms with Crippen molar-refractivity contribution >= 4 is 40.2 Å². The highest BCUT2D eigenvalue weighted by Crippen LogP contribution is 2.33. The molecule has 0 aromatic heterocycles. The van der Waals surface area contributed by atoms with Crippen LogP contribution in [-0.2, 0) is 14.4 Å². The summed E-state index contributed by atoms with van der Waals surface area (Å²) in [5.74, 6) is -0.947. The fourth-order valence-corrected chi connectivity index (χ4v) is 5.19. The van der Waals surface area contributed by atoms with E-state index >= 15 is 0 Å². The average molecular weight is 584 g/mol. The number of nitrogens with one attached hydrogen (secondary N) is 1. The quantitative estimate of drug-likeness (QED) is 0.303. The summed E-state index contributed by atoms with van der Waals surface area (Å²) in [6.45, 7) is 1.53. The van der Waals surface area contributed by atoms with Gasteiger partial charge in [0.1, 0.15) is 18.0 Å². The molecule has 2 amide bonds. The van der Waals surface area contributed by atoms with E-state index < -0.39 is 29.9 Å². The highest BCUT2D eigenvalue weighted by Gasteiger charge is 2.44. The lowest BCUT2D eigenvalue weighted by molar-refractivity contribution is -0.152. The van der Waals surface area contributed by atoms with E-state index in [0.29, 0.717) is 11.3 Å². The van der Waals surface area contributed by atoms with Crippen LogP contribution in [0.1, 0.15) is 51.9 Å². The van der Waals surface area contributed by atoms with E-state index in [4.69, 9.17) is 9.84 Å². The molecule has 3 atom stereocenters. The first-order chi connectivity index (χ1) is 16.4. The standard InChI is InChI=1S/C25H33IN2O6/c1-2-20(30)25(33)28(17-8-4-3-5-9-17)19-14-16(24(32)27-12-13-29)15-22(23(19)31)34-21-11-7-6-10-18(21)26/h6-7,10-11,15,17,19,22-23,29,31H,2-5,8-9,12-14H2,1H3,(H,27,32)/t19-,22+,23+/m1/s1. The summed E-state index contributed by atoms with van der Waals surface area (Å²) in [6, 6.07) is 6.39. The number of rotatable bonds is 9. The number of hydrogen-bond acceptors (Lipinski definition) is 6. The summed E-state index contributed by atoms with van der Waals surface area (Å²) in [7, 11) is 0. The zero-order valence-electron chi connectivity index (χ0n) is 19.4. The summed E-state index contributed by atoms with van der Waals surface area (Å²) < 4.78 is 6.97. The first-order valence-corrected chi connectivity index (χ1v) is 13.0. The largest absolute Gasteiger partial charge is 0.482 e. The minimum atomic E-state index is -1.12. The van der Waals surface area contributed by atoms with Crippen LogP contribution in [0.25, 0.3) is 0 Å². The van der Waals surface area contributed by atoms with Crippen LogP contribution >= 0.6 is 22.6 Å². The zero-order valence-corrected chi connectivity index (χ0v) is 21.6. The fourth-order valence-electron chi connectivity index (χ4n) is 4.68. The molecule has 1 saturated carbocycles. The third kappa shape index (κ3) is 6.37. The predicted molar refractivity (Wildman–Crippen MR) is 135 cm³/mol. The molecule has 0 aliphatic heterocycles. The van der Waals surface area contributed by atoms with Gasteiger partial charge in [0.25, 0.3) is 5.91 Å². The van der Waals surface area contributed by atoms with Crippen molar-refractivity contribution in [2.75, 3.05) is 13.2 Å². The lowest BCUT2D eigenvalue weighted by Gasteiger charge is -2.44. The van der Waals surface area contributed by atoms with E-state index in [2.05, 4.69) is 27.9 Å². The Morgan fingerprint density at radius 1 is 1.18 bits per heavy atom. The lowest BCUT2D eigenvalue weighted by atomic mass is 9.85. The molecule has 0 spiro atoms. The summed E-state index contributed by atoms with van der Waals surface area (Å²) >= 11 is 2.14. The van der Waals surface area contributed by atoms with E-state index in [1.807, 2.05) is 18.2 Å². The molecule has 0 saturated heterocycles. The average Bonchev–Trinajstić information content (AvgIpc) is 2.86. The fraction of sp³-hybridized carbons (Fsp3) is 0.560. The molecule has 2 aliphatic rings. The van der Waals surface area contributed by atoms with Crippen LogP contribution in [0.15, 0.2) is 35.9 Å². The van der Waals surface area contributed by atoms with Gasteiger partial charge in [0.05, 0.1) is 16.2 Å². The van der Waals surface area contributed by atoms with E-state index in [-0.39, 0.29) is 37.9 Å². The lowest BCUT2D eigenvalue weighted by Crippen LogP contribution is -2.59. The number of Topliss-reactive ketones (excluding diaryl/α,β-unsaturated/α-hetero) is 1. The van der Waals surface area contributed by atoms with Crippen molar-refractivity contribution < 1.29 is 29.3 Å². The monoisotopic (exact) mass is 584 g/mol. The molecule has 0 unspecified atom stereocenters. The van der Waals surface area contributed by atoms with E-state index in [1.165, 1.54) is 4.90 Å². The SMILES string of the molecule is CCC(=O)C(=O)N(C1CCCCC1)[C@@H]1CC(C(=O)NCCO)=C[C@H](Oc2ccccc2I)[C@H]1O. The topological polar surface area (TPSA) is 116 Å². The summed E-state index contributed by atoms with van der Waals surface area (Å²) in [5.41, 5.74) is 0.359. The van der Waals surface area contributed by atoms with Gasteiger partial charge in [-0.25, -0.2) is 0 Å². The van der Waals surface area contributed by atoms with E-state index in [1.54, 1.807) is 19.1 Å². The van der Waals surface area contributed by atoms with Crippen molar-refractivity contribution in [3.63, 3.8) is 0 Å². The number of aliphatic hydroxyl groups is 2. The molecule has 8 nitrogen and oxygen atoms in total. The van der Waals surface area contributed by atoms with Crippen LogP contribution in [0.3, 0.4) is 0 Å². The van der Waals surface area contributed by atoms with Crippen molar-refractivity contribution in [3.05, 3.63) is 39.5 Å². The Bertz CT molecular complexity index is 914. The molecule has 1 aromatic rings. The minimum absolute atomic E-state index is 0.0761. The Labute approximate surface area is 213 Å². The summed E-state index contributed by atoms with van der Waals surface area (Å²) in [4.78, 5) is 40.1. The van der Waals surface area contributed by atoms with Gasteiger partial charge in [-0.1, -0.05) is 38.3 Å². The second-order valence-electron chi connectivity index (χ2n) is 8.73. The molecule has 9 heteroatoms. The summed E-state index contributed by atoms with van der Waals surface area (Å²) in [6.07, 6.45) is 4.21. The van der Waals surface area contributed by atoms with Crippen LogP contribution in [0, 0.1) is 3.57 Å². The van der Waals surface area contributed by atoms with Crippen molar-refractivity contribution in [1.82, 2.24) is 10.2 Å². The zero-order chi connectivity index (χ0) is 24.7. The van der Waals surface area contributed by atoms with E-state index in [0.717, 1.165) is 35.7 Å². The Morgan fingerprint density at radius 2 is 1.88 bits per heavy atom. The van der Waals surface area contributed by atoms with E-state index in [9.17, 15) is 19.5 Å². The number of halogens is 1. The Balaban J connectivity index is 1.98. The van der Waals surface area contributed by atoms with Crippen LogP contribution in [-0.4, -0.2) is 70.2 Å². The number of para-hydroxylation sites is 1. The molecule has 34 heavy (non-hydrogen) atoms. The van der Waals surface area contributed by atoms with Gasteiger partial charge in [-0.15, -0.1) is 0 Å². The molecule has 1 aromatic carbocycles. The molecule has 0 bridgehead atoms. The number of nitrogens with zero attached hydrogens (tertiary/aromatic N) is 1. The number of carbonyl (C=O) groups excluding carboxylic acids is 3. The predicted octanol–water partition coefficient (Wildman–Crippen LogP) is 2.35. The van der Waals surface area contributed by atoms with Crippen molar-refractivity contribution in [3.8, 4) is 5.75 Å². The number of carbonyl (C=O) groups is 3. The molecular weight excluding hydrogens is 551 g/mol. The second kappa shape index (κ2) is 12.6. The van der Waals surface area contributed by atoms with Crippen molar-refractivity contribution in [2.45, 2.75) is 76.2 Å². The van der Waals surface area contributed by atoms with Crippen LogP contribution < -0.4 is 10.1 Å². The number of ketones is 1. The molecule has 3 N–H and O–H groups in total. The van der Waals surface area contributed by atoms with Gasteiger partial charge in [-0.05, 0) is 53.6 Å². The minimum Gasteiger partial charge on any atom is -0.482 e. The second-order valence-corrected chi connectivity index (χ2v) is 9.89. The van der Waals surface area contributed by atoms with Gasteiger partial charge < -0.3 is 25.2 Å². The number of amides is 2. The van der Waals surface area contributed by atoms with Crippen LogP contribution in [0.4, 0.5) is 0 Å². The van der Waals surface area contributed by atoms with Crippen molar-refractivity contribution in [1.29, 1.82) is 0 Å². The number of aliphatic hydroxyl groups excluding tert-OH is 2. The number of ether oxygens (including phenoxy) is 1. The molecule has 3 rings (SSSR count). The third-order valence-electron chi connectivity index (χ3n) is 6.43. The normalized spacial score (nSPS) is 23.1. The first kappa shape index (κ1) is 26.6. The molecule has 0 radical (unpaired) electrons. The third-order valence-corrected chi connectivity index (χ3v) is 7.32. The Kier molecular flexibility index (Phi) is 9.90. The highest BCUT2D eigenvalue weighted by atomic mass is 127.